The van der Waals surface area contributed by atoms with Crippen LogP contribution in [0.3, 0.4) is 0 Å². The fourth-order valence-electron chi connectivity index (χ4n) is 1.19. The molecule has 0 atom stereocenters. The quantitative estimate of drug-likeness (QED) is 0.774. The topological polar surface area (TPSA) is 55.9 Å². The van der Waals surface area contributed by atoms with Gasteiger partial charge in [-0.3, -0.25) is 4.68 Å². The van der Waals surface area contributed by atoms with E-state index in [-0.39, 0.29) is 0 Å². The van der Waals surface area contributed by atoms with E-state index >= 15 is 0 Å². The van der Waals surface area contributed by atoms with Crippen molar-refractivity contribution in [2.75, 3.05) is 0 Å². The molecule has 0 spiro atoms. The predicted molar refractivity (Wildman–Crippen MR) is 50.3 cm³/mol. The highest BCUT2D eigenvalue weighted by Crippen LogP contribution is 1.99. The summed E-state index contributed by atoms with van der Waals surface area (Å²) in [5.74, 6) is 1.84. The minimum Gasteiger partial charge on any atom is -0.468 e. The zero-order chi connectivity index (χ0) is 9.80. The Bertz CT molecular complexity index is 379. The number of aromatic nitrogens is 3. The summed E-state index contributed by atoms with van der Waals surface area (Å²) in [6.45, 7) is 1.40. The number of rotatable bonds is 4. The Kier molecular flexibility index (Phi) is 2.60. The zero-order valence-electron chi connectivity index (χ0n) is 7.97. The zero-order valence-corrected chi connectivity index (χ0v) is 7.97. The summed E-state index contributed by atoms with van der Waals surface area (Å²) < 4.78 is 6.92. The van der Waals surface area contributed by atoms with Crippen LogP contribution >= 0.6 is 0 Å². The molecule has 2 aromatic heterocycles. The molecule has 5 heteroatoms. The molecule has 2 heterocycles. The molecule has 0 aliphatic heterocycles. The molecular weight excluding hydrogens is 180 g/mol. The Morgan fingerprint density at radius 3 is 3.07 bits per heavy atom. The Hall–Kier alpha value is -1.62. The van der Waals surface area contributed by atoms with Gasteiger partial charge in [0.2, 0.25) is 0 Å². The monoisotopic (exact) mass is 192 g/mol. The maximum atomic E-state index is 5.18. The molecule has 14 heavy (non-hydrogen) atoms. The summed E-state index contributed by atoms with van der Waals surface area (Å²) >= 11 is 0. The Labute approximate surface area is 81.8 Å². The van der Waals surface area contributed by atoms with Crippen molar-refractivity contribution in [3.63, 3.8) is 0 Å². The summed E-state index contributed by atoms with van der Waals surface area (Å²) in [7, 11) is 1.87. The first-order valence-corrected chi connectivity index (χ1v) is 4.42. The van der Waals surface area contributed by atoms with Gasteiger partial charge in [0.15, 0.2) is 0 Å². The minimum absolute atomic E-state index is 0.692. The van der Waals surface area contributed by atoms with Crippen molar-refractivity contribution in [1.82, 2.24) is 20.1 Å². The van der Waals surface area contributed by atoms with Crippen molar-refractivity contribution < 1.29 is 4.42 Å². The lowest BCUT2D eigenvalue weighted by molar-refractivity contribution is 0.477. The van der Waals surface area contributed by atoms with Crippen LogP contribution in [-0.2, 0) is 20.1 Å². The van der Waals surface area contributed by atoms with E-state index in [1.807, 2.05) is 19.2 Å². The van der Waals surface area contributed by atoms with Crippen LogP contribution in [0.5, 0.6) is 0 Å². The van der Waals surface area contributed by atoms with Crippen molar-refractivity contribution in [2.24, 2.45) is 7.05 Å². The molecule has 0 fully saturated rings. The van der Waals surface area contributed by atoms with Crippen LogP contribution in [-0.4, -0.2) is 14.8 Å². The van der Waals surface area contributed by atoms with Gasteiger partial charge in [0.05, 0.1) is 19.4 Å². The van der Waals surface area contributed by atoms with Gasteiger partial charge in [-0.25, -0.2) is 4.98 Å². The maximum absolute atomic E-state index is 5.18. The van der Waals surface area contributed by atoms with Crippen molar-refractivity contribution in [3.8, 4) is 0 Å². The molecule has 2 rings (SSSR count). The van der Waals surface area contributed by atoms with Gasteiger partial charge in [0, 0.05) is 7.05 Å². The van der Waals surface area contributed by atoms with Crippen LogP contribution in [0.15, 0.2) is 29.1 Å². The van der Waals surface area contributed by atoms with Gasteiger partial charge in [-0.2, -0.15) is 5.10 Å². The Balaban J connectivity index is 1.81. The summed E-state index contributed by atoms with van der Waals surface area (Å²) in [5.41, 5.74) is 0. The number of hydrogen-bond acceptors (Lipinski definition) is 4. The summed E-state index contributed by atoms with van der Waals surface area (Å²) in [5, 5.41) is 7.19. The van der Waals surface area contributed by atoms with Crippen molar-refractivity contribution in [3.05, 3.63) is 36.3 Å². The molecule has 0 radical (unpaired) electrons. The van der Waals surface area contributed by atoms with E-state index in [1.165, 1.54) is 0 Å². The van der Waals surface area contributed by atoms with Gasteiger partial charge in [0.1, 0.15) is 17.9 Å². The molecule has 1 N–H and O–H groups in total. The van der Waals surface area contributed by atoms with Crippen LogP contribution in [0.1, 0.15) is 11.6 Å². The first-order chi connectivity index (χ1) is 6.86. The van der Waals surface area contributed by atoms with Gasteiger partial charge >= 0.3 is 0 Å². The number of hydrogen-bond donors (Lipinski definition) is 1. The summed E-state index contributed by atoms with van der Waals surface area (Å²) in [4.78, 5) is 4.09. The molecule has 0 aromatic carbocycles. The predicted octanol–water partition coefficient (Wildman–Crippen LogP) is 0.698. The average molecular weight is 192 g/mol. The molecule has 0 aliphatic rings. The third-order valence-electron chi connectivity index (χ3n) is 1.97. The van der Waals surface area contributed by atoms with Crippen LogP contribution in [0, 0.1) is 0 Å². The first kappa shape index (κ1) is 8.96. The molecule has 0 aliphatic carbocycles. The van der Waals surface area contributed by atoms with Gasteiger partial charge < -0.3 is 9.73 Å². The summed E-state index contributed by atoms with van der Waals surface area (Å²) in [6, 6.07) is 3.81. The largest absolute Gasteiger partial charge is 0.468 e. The van der Waals surface area contributed by atoms with Crippen LogP contribution in [0.4, 0.5) is 0 Å². The van der Waals surface area contributed by atoms with Gasteiger partial charge in [0.25, 0.3) is 0 Å². The molecule has 0 saturated heterocycles. The number of nitrogens with zero attached hydrogens (tertiary/aromatic N) is 3. The maximum Gasteiger partial charge on any atom is 0.140 e. The SMILES string of the molecule is Cn1ncnc1CNCc1ccco1. The second-order valence-corrected chi connectivity index (χ2v) is 2.98. The van der Waals surface area contributed by atoms with Crippen LogP contribution in [0.25, 0.3) is 0 Å². The smallest absolute Gasteiger partial charge is 0.140 e. The lowest BCUT2D eigenvalue weighted by Gasteiger charge is -2.01. The highest BCUT2D eigenvalue weighted by Gasteiger charge is 2.00. The number of furan rings is 1. The minimum atomic E-state index is 0.692. The van der Waals surface area contributed by atoms with Gasteiger partial charge in [-0.05, 0) is 12.1 Å². The standard InChI is InChI=1S/C9H12N4O/c1-13-9(11-7-12-13)6-10-5-8-3-2-4-14-8/h2-4,7,10H,5-6H2,1H3. The third kappa shape index (κ3) is 2.00. The van der Waals surface area contributed by atoms with Crippen molar-refractivity contribution in [1.29, 1.82) is 0 Å². The second kappa shape index (κ2) is 4.06. The van der Waals surface area contributed by atoms with Crippen molar-refractivity contribution in [2.45, 2.75) is 13.1 Å². The average Bonchev–Trinajstić information content (AvgIpc) is 2.78. The van der Waals surface area contributed by atoms with Gasteiger partial charge in [-0.1, -0.05) is 0 Å². The molecule has 74 valence electrons. The lowest BCUT2D eigenvalue weighted by atomic mass is 10.4. The van der Waals surface area contributed by atoms with Crippen LogP contribution in [0.2, 0.25) is 0 Å². The molecule has 5 nitrogen and oxygen atoms in total. The number of nitrogens with one attached hydrogen (secondary N) is 1. The Morgan fingerprint density at radius 1 is 1.50 bits per heavy atom. The normalized spacial score (nSPS) is 10.6. The molecule has 0 bridgehead atoms. The molecular formula is C9H12N4O. The molecule has 0 amide bonds. The van der Waals surface area contributed by atoms with E-state index in [4.69, 9.17) is 4.42 Å². The highest BCUT2D eigenvalue weighted by atomic mass is 16.3. The fraction of sp³-hybridized carbons (Fsp3) is 0.333. The third-order valence-corrected chi connectivity index (χ3v) is 1.97. The van der Waals surface area contributed by atoms with E-state index in [0.717, 1.165) is 11.6 Å². The van der Waals surface area contributed by atoms with E-state index < -0.39 is 0 Å². The number of aryl methyl sites for hydroxylation is 1. The molecule has 0 saturated carbocycles. The first-order valence-electron chi connectivity index (χ1n) is 4.42. The van der Waals surface area contributed by atoms with Gasteiger partial charge in [-0.15, -0.1) is 0 Å². The Morgan fingerprint density at radius 2 is 2.43 bits per heavy atom. The van der Waals surface area contributed by atoms with E-state index in [1.54, 1.807) is 17.3 Å². The van der Waals surface area contributed by atoms with Crippen LogP contribution < -0.4 is 5.32 Å². The highest BCUT2D eigenvalue weighted by molar-refractivity contribution is 4.97. The van der Waals surface area contributed by atoms with E-state index in [9.17, 15) is 0 Å². The van der Waals surface area contributed by atoms with E-state index in [2.05, 4.69) is 15.4 Å². The molecule has 0 unspecified atom stereocenters. The van der Waals surface area contributed by atoms with E-state index in [0.29, 0.717) is 13.1 Å². The summed E-state index contributed by atoms with van der Waals surface area (Å²) in [6.07, 6.45) is 3.21. The lowest BCUT2D eigenvalue weighted by Crippen LogP contribution is -2.15. The van der Waals surface area contributed by atoms with Crippen molar-refractivity contribution >= 4 is 0 Å². The second-order valence-electron chi connectivity index (χ2n) is 2.98. The molecule has 2 aromatic rings. The fourth-order valence-corrected chi connectivity index (χ4v) is 1.19.